The molecule has 5 nitrogen and oxygen atoms in total. The van der Waals surface area contributed by atoms with E-state index in [-0.39, 0.29) is 17.8 Å². The Balaban J connectivity index is 1.10. The number of hydrogen-bond donors (Lipinski definition) is 0. The van der Waals surface area contributed by atoms with E-state index in [0.29, 0.717) is 31.3 Å². The Labute approximate surface area is 157 Å². The van der Waals surface area contributed by atoms with Crippen LogP contribution in [0.1, 0.15) is 57.8 Å². The summed E-state index contributed by atoms with van der Waals surface area (Å²) in [6.07, 6.45) is 7.57. The van der Waals surface area contributed by atoms with Crippen LogP contribution in [0, 0.1) is 28.6 Å². The van der Waals surface area contributed by atoms with Gasteiger partial charge < -0.3 is 4.74 Å². The Morgan fingerprint density at radius 2 is 1.56 bits per heavy atom. The summed E-state index contributed by atoms with van der Waals surface area (Å²) in [5, 5.41) is 0. The highest BCUT2D eigenvalue weighted by molar-refractivity contribution is 7.87. The highest BCUT2D eigenvalue weighted by Crippen LogP contribution is 2.84. The van der Waals surface area contributed by atoms with Gasteiger partial charge in [-0.25, -0.2) is 0 Å². The summed E-state index contributed by atoms with van der Waals surface area (Å²) in [6.45, 7) is -0.176. The van der Waals surface area contributed by atoms with Gasteiger partial charge in [-0.2, -0.15) is 21.6 Å². The third kappa shape index (κ3) is 2.91. The van der Waals surface area contributed by atoms with Gasteiger partial charge in [-0.05, 0) is 74.5 Å². The standard InChI is InChI=1S/C18H25F3O5S/c19-18(20,21)27(23,24)26-6-4-2-1-3-5-25-15(22)16-9-13-7-12-8-14(10-16)17(12,13)11-16/h12-14H,1-11H2. The zero-order valence-corrected chi connectivity index (χ0v) is 15.9. The molecule has 2 unspecified atom stereocenters. The van der Waals surface area contributed by atoms with Gasteiger partial charge in [-0.1, -0.05) is 6.42 Å². The summed E-state index contributed by atoms with van der Waals surface area (Å²) in [6, 6.07) is 0. The molecule has 0 aromatic carbocycles. The SMILES string of the molecule is O=C(OCCCCCCOS(=O)(=O)C(F)(F)F)C12CC3CC4CC(C1)C43C2. The van der Waals surface area contributed by atoms with E-state index in [9.17, 15) is 26.4 Å². The summed E-state index contributed by atoms with van der Waals surface area (Å²) < 4.78 is 67.2. The van der Waals surface area contributed by atoms with Gasteiger partial charge in [0.25, 0.3) is 0 Å². The molecular formula is C18H25F3O5S. The maximum absolute atomic E-state index is 12.6. The van der Waals surface area contributed by atoms with Gasteiger partial charge >= 0.3 is 21.6 Å². The molecule has 0 aromatic heterocycles. The van der Waals surface area contributed by atoms with Crippen LogP contribution >= 0.6 is 0 Å². The van der Waals surface area contributed by atoms with Gasteiger partial charge in [0.15, 0.2) is 0 Å². The molecule has 0 N–H and O–H groups in total. The number of esters is 1. The molecule has 4 saturated carbocycles. The molecule has 0 aromatic rings. The largest absolute Gasteiger partial charge is 0.523 e. The van der Waals surface area contributed by atoms with Crippen LogP contribution in [0.2, 0.25) is 0 Å². The first-order chi connectivity index (χ1) is 12.6. The van der Waals surface area contributed by atoms with Crippen LogP contribution in [-0.2, 0) is 23.8 Å². The van der Waals surface area contributed by atoms with Crippen LogP contribution in [-0.4, -0.2) is 33.1 Å². The fourth-order valence-electron chi connectivity index (χ4n) is 6.43. The molecule has 0 radical (unpaired) electrons. The molecular weight excluding hydrogens is 385 g/mol. The minimum Gasteiger partial charge on any atom is -0.465 e. The van der Waals surface area contributed by atoms with Crippen LogP contribution in [0.25, 0.3) is 0 Å². The van der Waals surface area contributed by atoms with Crippen LogP contribution in [0.3, 0.4) is 0 Å². The van der Waals surface area contributed by atoms with E-state index in [1.165, 1.54) is 12.8 Å². The lowest BCUT2D eigenvalue weighted by molar-refractivity contribution is -0.181. The summed E-state index contributed by atoms with van der Waals surface area (Å²) in [5.74, 6) is 2.26. The molecule has 4 aliphatic rings. The number of hydrogen-bond acceptors (Lipinski definition) is 5. The smallest absolute Gasteiger partial charge is 0.465 e. The van der Waals surface area contributed by atoms with Gasteiger partial charge in [0.1, 0.15) is 0 Å². The average Bonchev–Trinajstić information content (AvgIpc) is 3.04. The van der Waals surface area contributed by atoms with Crippen molar-refractivity contribution in [2.75, 3.05) is 13.2 Å². The lowest BCUT2D eigenvalue weighted by Gasteiger charge is -2.66. The molecule has 27 heavy (non-hydrogen) atoms. The molecule has 1 spiro atoms. The maximum atomic E-state index is 12.6. The van der Waals surface area contributed by atoms with Crippen molar-refractivity contribution >= 4 is 16.1 Å². The predicted molar refractivity (Wildman–Crippen MR) is 88.8 cm³/mol. The number of carbonyl (C=O) groups is 1. The number of rotatable bonds is 9. The second-order valence-electron chi connectivity index (χ2n) is 8.81. The van der Waals surface area contributed by atoms with Crippen LogP contribution < -0.4 is 0 Å². The van der Waals surface area contributed by atoms with E-state index in [2.05, 4.69) is 4.18 Å². The second kappa shape index (κ2) is 6.34. The second-order valence-corrected chi connectivity index (χ2v) is 10.4. The lowest BCUT2D eigenvalue weighted by atomic mass is 9.38. The van der Waals surface area contributed by atoms with E-state index < -0.39 is 22.2 Å². The summed E-state index contributed by atoms with van der Waals surface area (Å²) >= 11 is 0. The quantitative estimate of drug-likeness (QED) is 0.250. The topological polar surface area (TPSA) is 69.7 Å². The molecule has 0 saturated heterocycles. The number of unbranched alkanes of at least 4 members (excludes halogenated alkanes) is 3. The highest BCUT2D eigenvalue weighted by atomic mass is 32.2. The van der Waals surface area contributed by atoms with Crippen molar-refractivity contribution in [1.29, 1.82) is 0 Å². The number of alkyl halides is 3. The summed E-state index contributed by atoms with van der Waals surface area (Å²) in [4.78, 5) is 12.6. The first-order valence-corrected chi connectivity index (χ1v) is 11.1. The minimum atomic E-state index is -5.50. The van der Waals surface area contributed by atoms with Crippen molar-refractivity contribution in [3.63, 3.8) is 0 Å². The van der Waals surface area contributed by atoms with E-state index in [1.54, 1.807) is 0 Å². The third-order valence-electron chi connectivity index (χ3n) is 7.56. The Kier molecular flexibility index (Phi) is 4.57. The molecule has 4 rings (SSSR count). The monoisotopic (exact) mass is 410 g/mol. The Hall–Kier alpha value is -0.830. The maximum Gasteiger partial charge on any atom is 0.523 e. The minimum absolute atomic E-state index is 0.0565. The number of ether oxygens (including phenoxy) is 1. The van der Waals surface area contributed by atoms with Crippen LogP contribution in [0.5, 0.6) is 0 Å². The lowest BCUT2D eigenvalue weighted by Crippen LogP contribution is -2.59. The van der Waals surface area contributed by atoms with Gasteiger partial charge in [0, 0.05) is 0 Å². The fraction of sp³-hybridized carbons (Fsp3) is 0.944. The average molecular weight is 410 g/mol. The summed E-state index contributed by atoms with van der Waals surface area (Å²) in [7, 11) is -5.50. The van der Waals surface area contributed by atoms with Gasteiger partial charge in [0.05, 0.1) is 18.6 Å². The Morgan fingerprint density at radius 1 is 0.963 bits per heavy atom. The number of halogens is 3. The molecule has 0 heterocycles. The third-order valence-corrected chi connectivity index (χ3v) is 8.61. The van der Waals surface area contributed by atoms with E-state index >= 15 is 0 Å². The number of fused-ring (bicyclic) bond motifs is 1. The fourth-order valence-corrected chi connectivity index (χ4v) is 6.90. The van der Waals surface area contributed by atoms with Crippen molar-refractivity contribution in [1.82, 2.24) is 0 Å². The Bertz CT molecular complexity index is 701. The predicted octanol–water partition coefficient (Wildman–Crippen LogP) is 3.78. The molecule has 4 aliphatic carbocycles. The van der Waals surface area contributed by atoms with Crippen molar-refractivity contribution < 1.29 is 35.3 Å². The van der Waals surface area contributed by atoms with Crippen molar-refractivity contribution in [2.24, 2.45) is 28.6 Å². The zero-order chi connectivity index (χ0) is 19.5. The molecule has 154 valence electrons. The Morgan fingerprint density at radius 3 is 2.07 bits per heavy atom. The van der Waals surface area contributed by atoms with Gasteiger partial charge in [-0.15, -0.1) is 0 Å². The molecule has 0 aliphatic heterocycles. The molecule has 4 fully saturated rings. The van der Waals surface area contributed by atoms with E-state index in [0.717, 1.165) is 37.0 Å². The first kappa shape index (κ1) is 19.5. The van der Waals surface area contributed by atoms with Gasteiger partial charge in [-0.3, -0.25) is 8.98 Å². The number of carbonyl (C=O) groups excluding carboxylic acids is 1. The van der Waals surface area contributed by atoms with Crippen molar-refractivity contribution in [3.8, 4) is 0 Å². The zero-order valence-electron chi connectivity index (χ0n) is 15.1. The van der Waals surface area contributed by atoms with Crippen molar-refractivity contribution in [3.05, 3.63) is 0 Å². The van der Waals surface area contributed by atoms with Crippen LogP contribution in [0.4, 0.5) is 13.2 Å². The molecule has 0 amide bonds. The van der Waals surface area contributed by atoms with E-state index in [4.69, 9.17) is 4.74 Å². The van der Waals surface area contributed by atoms with Crippen molar-refractivity contribution in [2.45, 2.75) is 63.3 Å². The van der Waals surface area contributed by atoms with Crippen LogP contribution in [0.15, 0.2) is 0 Å². The molecule has 2 bridgehead atoms. The summed E-state index contributed by atoms with van der Waals surface area (Å²) in [5.41, 5.74) is -5.14. The van der Waals surface area contributed by atoms with Gasteiger partial charge in [0.2, 0.25) is 0 Å². The molecule has 9 heteroatoms. The first-order valence-electron chi connectivity index (χ1n) is 9.74. The van der Waals surface area contributed by atoms with E-state index in [1.807, 2.05) is 0 Å². The molecule has 2 atom stereocenters. The normalized spacial score (nSPS) is 38.9. The highest BCUT2D eigenvalue weighted by Gasteiger charge is 2.79.